The lowest BCUT2D eigenvalue weighted by Gasteiger charge is -2.19. The number of likely N-dealkylation sites (N-methyl/N-ethyl adjacent to an activating group) is 1. The molecule has 78 valence electrons. The van der Waals surface area contributed by atoms with E-state index in [1.165, 1.54) is 25.1 Å². The number of aromatic nitrogens is 2. The summed E-state index contributed by atoms with van der Waals surface area (Å²) in [5.74, 6) is 1.89. The first-order valence-electron chi connectivity index (χ1n) is 5.55. The van der Waals surface area contributed by atoms with Crippen molar-refractivity contribution in [3.8, 4) is 0 Å². The molecule has 2 rings (SSSR count). The molecule has 2 unspecified atom stereocenters. The van der Waals surface area contributed by atoms with Crippen molar-refractivity contribution in [1.29, 1.82) is 0 Å². The average Bonchev–Trinajstić information content (AvgIpc) is 2.85. The Morgan fingerprint density at radius 2 is 2.43 bits per heavy atom. The van der Waals surface area contributed by atoms with Gasteiger partial charge in [-0.2, -0.15) is 0 Å². The standard InChI is InChI=1S/C11H19N3/c1-3-14-8-7-13-11(14)9-5-4-6-10(9)12-2/h7-10,12H,3-6H2,1-2H3. The van der Waals surface area contributed by atoms with Crippen LogP contribution in [-0.4, -0.2) is 22.6 Å². The lowest BCUT2D eigenvalue weighted by atomic mass is 10.0. The highest BCUT2D eigenvalue weighted by Gasteiger charge is 2.29. The third-order valence-corrected chi connectivity index (χ3v) is 3.31. The molecule has 1 aliphatic carbocycles. The smallest absolute Gasteiger partial charge is 0.113 e. The second kappa shape index (κ2) is 4.13. The van der Waals surface area contributed by atoms with Crippen LogP contribution in [0.2, 0.25) is 0 Å². The van der Waals surface area contributed by atoms with Crippen LogP contribution in [-0.2, 0) is 6.54 Å². The van der Waals surface area contributed by atoms with E-state index in [0.717, 1.165) is 6.54 Å². The molecule has 1 fully saturated rings. The van der Waals surface area contributed by atoms with E-state index in [1.54, 1.807) is 0 Å². The molecular weight excluding hydrogens is 174 g/mol. The van der Waals surface area contributed by atoms with Crippen molar-refractivity contribution in [1.82, 2.24) is 14.9 Å². The van der Waals surface area contributed by atoms with Gasteiger partial charge < -0.3 is 9.88 Å². The molecule has 0 radical (unpaired) electrons. The van der Waals surface area contributed by atoms with Crippen molar-refractivity contribution < 1.29 is 0 Å². The summed E-state index contributed by atoms with van der Waals surface area (Å²) in [6.07, 6.45) is 7.90. The number of aryl methyl sites for hydroxylation is 1. The molecule has 1 aromatic rings. The summed E-state index contributed by atoms with van der Waals surface area (Å²) in [5, 5.41) is 3.40. The molecule has 1 N–H and O–H groups in total. The van der Waals surface area contributed by atoms with Crippen LogP contribution in [0.5, 0.6) is 0 Å². The second-order valence-corrected chi connectivity index (χ2v) is 4.00. The summed E-state index contributed by atoms with van der Waals surface area (Å²) in [6, 6.07) is 0.627. The highest BCUT2D eigenvalue weighted by molar-refractivity contribution is 5.07. The Bertz CT molecular complexity index is 292. The number of nitrogens with zero attached hydrogens (tertiary/aromatic N) is 2. The Hall–Kier alpha value is -0.830. The third-order valence-electron chi connectivity index (χ3n) is 3.31. The number of hydrogen-bond donors (Lipinski definition) is 1. The van der Waals surface area contributed by atoms with Crippen LogP contribution in [0, 0.1) is 0 Å². The fourth-order valence-electron chi connectivity index (χ4n) is 2.53. The monoisotopic (exact) mass is 193 g/mol. The normalized spacial score (nSPS) is 27.0. The topological polar surface area (TPSA) is 29.9 Å². The number of rotatable bonds is 3. The molecule has 2 atom stereocenters. The van der Waals surface area contributed by atoms with Gasteiger partial charge in [0, 0.05) is 30.9 Å². The van der Waals surface area contributed by atoms with Gasteiger partial charge in [-0.05, 0) is 26.8 Å². The lowest BCUT2D eigenvalue weighted by molar-refractivity contribution is 0.485. The molecule has 3 nitrogen and oxygen atoms in total. The van der Waals surface area contributed by atoms with E-state index < -0.39 is 0 Å². The third kappa shape index (κ3) is 1.57. The largest absolute Gasteiger partial charge is 0.335 e. The molecule has 0 saturated heterocycles. The SMILES string of the molecule is CCn1ccnc1C1CCCC1NC. The highest BCUT2D eigenvalue weighted by atomic mass is 15.1. The van der Waals surface area contributed by atoms with E-state index in [0.29, 0.717) is 12.0 Å². The van der Waals surface area contributed by atoms with Gasteiger partial charge >= 0.3 is 0 Å². The molecule has 0 amide bonds. The molecule has 0 bridgehead atoms. The van der Waals surface area contributed by atoms with Crippen LogP contribution in [0.4, 0.5) is 0 Å². The minimum absolute atomic E-state index is 0.620. The lowest BCUT2D eigenvalue weighted by Crippen LogP contribution is -2.29. The Morgan fingerprint density at radius 1 is 1.57 bits per heavy atom. The van der Waals surface area contributed by atoms with E-state index in [4.69, 9.17) is 0 Å². The van der Waals surface area contributed by atoms with E-state index in [1.807, 2.05) is 6.20 Å². The number of imidazole rings is 1. The quantitative estimate of drug-likeness (QED) is 0.792. The number of nitrogens with one attached hydrogen (secondary N) is 1. The summed E-state index contributed by atoms with van der Waals surface area (Å²) in [7, 11) is 2.06. The van der Waals surface area contributed by atoms with E-state index in [9.17, 15) is 0 Å². The Kier molecular flexibility index (Phi) is 2.87. The van der Waals surface area contributed by atoms with Crippen LogP contribution in [0.25, 0.3) is 0 Å². The summed E-state index contributed by atoms with van der Waals surface area (Å²) < 4.78 is 2.26. The van der Waals surface area contributed by atoms with Crippen molar-refractivity contribution in [3.05, 3.63) is 18.2 Å². The first kappa shape index (κ1) is 9.71. The first-order valence-corrected chi connectivity index (χ1v) is 5.55. The Balaban J connectivity index is 2.21. The van der Waals surface area contributed by atoms with Gasteiger partial charge in [-0.25, -0.2) is 4.98 Å². The van der Waals surface area contributed by atoms with Crippen LogP contribution in [0.1, 0.15) is 37.9 Å². The van der Waals surface area contributed by atoms with Gasteiger partial charge in [0.15, 0.2) is 0 Å². The van der Waals surface area contributed by atoms with Crippen molar-refractivity contribution in [2.24, 2.45) is 0 Å². The van der Waals surface area contributed by atoms with E-state index in [-0.39, 0.29) is 0 Å². The highest BCUT2D eigenvalue weighted by Crippen LogP contribution is 2.33. The zero-order valence-corrected chi connectivity index (χ0v) is 9.03. The van der Waals surface area contributed by atoms with Crippen molar-refractivity contribution in [2.75, 3.05) is 7.05 Å². The van der Waals surface area contributed by atoms with Gasteiger partial charge in [-0.15, -0.1) is 0 Å². The zero-order chi connectivity index (χ0) is 9.97. The van der Waals surface area contributed by atoms with Gasteiger partial charge in [0.2, 0.25) is 0 Å². The average molecular weight is 193 g/mol. The van der Waals surface area contributed by atoms with Crippen LogP contribution in [0.3, 0.4) is 0 Å². The Morgan fingerprint density at radius 3 is 3.14 bits per heavy atom. The van der Waals surface area contributed by atoms with E-state index >= 15 is 0 Å². The van der Waals surface area contributed by atoms with Crippen molar-refractivity contribution in [3.63, 3.8) is 0 Å². The molecule has 14 heavy (non-hydrogen) atoms. The summed E-state index contributed by atoms with van der Waals surface area (Å²) in [5.41, 5.74) is 0. The predicted molar refractivity (Wildman–Crippen MR) is 57.3 cm³/mol. The summed E-state index contributed by atoms with van der Waals surface area (Å²) >= 11 is 0. The fourth-order valence-corrected chi connectivity index (χ4v) is 2.53. The fraction of sp³-hybridized carbons (Fsp3) is 0.727. The molecule has 0 aliphatic heterocycles. The molecule has 0 aromatic carbocycles. The maximum Gasteiger partial charge on any atom is 0.113 e. The van der Waals surface area contributed by atoms with Gasteiger partial charge in [0.1, 0.15) is 5.82 Å². The minimum atomic E-state index is 0.620. The summed E-state index contributed by atoms with van der Waals surface area (Å²) in [6.45, 7) is 3.21. The molecule has 1 aromatic heterocycles. The van der Waals surface area contributed by atoms with Crippen molar-refractivity contribution in [2.45, 2.75) is 44.7 Å². The molecular formula is C11H19N3. The number of hydrogen-bond acceptors (Lipinski definition) is 2. The molecule has 1 heterocycles. The molecule has 1 saturated carbocycles. The zero-order valence-electron chi connectivity index (χ0n) is 9.03. The van der Waals surface area contributed by atoms with Gasteiger partial charge in [-0.3, -0.25) is 0 Å². The predicted octanol–water partition coefficient (Wildman–Crippen LogP) is 1.76. The Labute approximate surface area is 85.5 Å². The van der Waals surface area contributed by atoms with Crippen LogP contribution in [0.15, 0.2) is 12.4 Å². The van der Waals surface area contributed by atoms with Gasteiger partial charge in [-0.1, -0.05) is 6.42 Å². The maximum atomic E-state index is 4.49. The first-order chi connectivity index (χ1) is 6.86. The van der Waals surface area contributed by atoms with Crippen molar-refractivity contribution >= 4 is 0 Å². The summed E-state index contributed by atoms with van der Waals surface area (Å²) in [4.78, 5) is 4.49. The second-order valence-electron chi connectivity index (χ2n) is 4.00. The molecule has 1 aliphatic rings. The van der Waals surface area contributed by atoms with Crippen LogP contribution >= 0.6 is 0 Å². The molecule has 0 spiro atoms. The maximum absolute atomic E-state index is 4.49. The van der Waals surface area contributed by atoms with E-state index in [2.05, 4.69) is 35.0 Å². The van der Waals surface area contributed by atoms with Crippen LogP contribution < -0.4 is 5.32 Å². The van der Waals surface area contributed by atoms with Gasteiger partial charge in [0.25, 0.3) is 0 Å². The minimum Gasteiger partial charge on any atom is -0.335 e. The molecule has 3 heteroatoms. The van der Waals surface area contributed by atoms with Gasteiger partial charge in [0.05, 0.1) is 0 Å².